The summed E-state index contributed by atoms with van der Waals surface area (Å²) >= 11 is 15.5. The lowest BCUT2D eigenvalue weighted by molar-refractivity contribution is 0.178. The van der Waals surface area contributed by atoms with Crippen LogP contribution in [0.4, 0.5) is 0 Å². The molecular weight excluding hydrogens is 335 g/mol. The summed E-state index contributed by atoms with van der Waals surface area (Å²) in [6, 6.07) is 12.9. The topological polar surface area (TPSA) is 20.2 Å². The van der Waals surface area contributed by atoms with Crippen molar-refractivity contribution in [3.8, 4) is 0 Å². The number of halogens is 3. The van der Waals surface area contributed by atoms with Crippen molar-refractivity contribution in [3.05, 3.63) is 68.1 Å². The van der Waals surface area contributed by atoms with E-state index in [1.165, 1.54) is 0 Å². The van der Waals surface area contributed by atoms with Crippen LogP contribution in [0.25, 0.3) is 0 Å². The van der Waals surface area contributed by atoms with Crippen molar-refractivity contribution >= 4 is 39.1 Å². The maximum absolute atomic E-state index is 10.2. The fourth-order valence-corrected chi connectivity index (χ4v) is 2.77. The summed E-state index contributed by atoms with van der Waals surface area (Å²) in [5.41, 5.74) is 1.62. The van der Waals surface area contributed by atoms with Crippen LogP contribution in [0.5, 0.6) is 0 Å². The smallest absolute Gasteiger partial charge is 0.0845 e. The molecule has 1 N–H and O–H groups in total. The van der Waals surface area contributed by atoms with Gasteiger partial charge in [-0.1, -0.05) is 63.4 Å². The van der Waals surface area contributed by atoms with E-state index in [-0.39, 0.29) is 0 Å². The number of benzene rings is 2. The van der Waals surface area contributed by atoms with Crippen molar-refractivity contribution in [2.45, 2.75) is 12.5 Å². The van der Waals surface area contributed by atoms with Crippen molar-refractivity contribution in [1.29, 1.82) is 0 Å². The van der Waals surface area contributed by atoms with Gasteiger partial charge in [0.2, 0.25) is 0 Å². The fraction of sp³-hybridized carbons (Fsp3) is 0.143. The first kappa shape index (κ1) is 13.9. The fourth-order valence-electron chi connectivity index (χ4n) is 1.75. The minimum Gasteiger partial charge on any atom is -0.388 e. The van der Waals surface area contributed by atoms with Gasteiger partial charge in [0.1, 0.15) is 0 Å². The summed E-state index contributed by atoms with van der Waals surface area (Å²) < 4.78 is 0.890. The van der Waals surface area contributed by atoms with Crippen molar-refractivity contribution in [1.82, 2.24) is 0 Å². The lowest BCUT2D eigenvalue weighted by Gasteiger charge is -2.14. The van der Waals surface area contributed by atoms with E-state index in [9.17, 15) is 5.11 Å². The second-order valence-electron chi connectivity index (χ2n) is 3.98. The van der Waals surface area contributed by atoms with Crippen LogP contribution >= 0.6 is 39.1 Å². The van der Waals surface area contributed by atoms with Gasteiger partial charge < -0.3 is 5.11 Å². The van der Waals surface area contributed by atoms with E-state index in [1.54, 1.807) is 6.07 Å². The number of aliphatic hydroxyl groups excluding tert-OH is 1. The predicted octanol–water partition coefficient (Wildman–Crippen LogP) is 5.03. The molecule has 0 amide bonds. The summed E-state index contributed by atoms with van der Waals surface area (Å²) in [6.45, 7) is 0. The molecule has 94 valence electrons. The highest BCUT2D eigenvalue weighted by Gasteiger charge is 2.13. The summed E-state index contributed by atoms with van der Waals surface area (Å²) in [5, 5.41) is 11.4. The molecule has 0 aliphatic carbocycles. The molecule has 0 heterocycles. The first-order chi connectivity index (χ1) is 8.58. The lowest BCUT2D eigenvalue weighted by atomic mass is 10.0. The predicted molar refractivity (Wildman–Crippen MR) is 79.3 cm³/mol. The van der Waals surface area contributed by atoms with Crippen molar-refractivity contribution < 1.29 is 5.11 Å². The van der Waals surface area contributed by atoms with Crippen LogP contribution in [-0.2, 0) is 6.42 Å². The van der Waals surface area contributed by atoms with Gasteiger partial charge >= 0.3 is 0 Å². The Morgan fingerprint density at radius 1 is 1.06 bits per heavy atom. The van der Waals surface area contributed by atoms with E-state index in [0.29, 0.717) is 22.0 Å². The van der Waals surface area contributed by atoms with Crippen LogP contribution in [0.1, 0.15) is 17.2 Å². The van der Waals surface area contributed by atoms with Gasteiger partial charge in [-0.2, -0.15) is 0 Å². The first-order valence-corrected chi connectivity index (χ1v) is 6.99. The number of aliphatic hydroxyl groups is 1. The normalized spacial score (nSPS) is 12.4. The molecule has 0 radical (unpaired) electrons. The highest BCUT2D eigenvalue weighted by Crippen LogP contribution is 2.29. The molecule has 1 unspecified atom stereocenters. The third-order valence-electron chi connectivity index (χ3n) is 2.69. The zero-order valence-electron chi connectivity index (χ0n) is 9.41. The minimum atomic E-state index is -0.662. The molecule has 2 aromatic rings. The average Bonchev–Trinajstić information content (AvgIpc) is 2.32. The van der Waals surface area contributed by atoms with E-state index in [2.05, 4.69) is 15.9 Å². The number of hydrogen-bond acceptors (Lipinski definition) is 1. The molecule has 0 aromatic heterocycles. The molecule has 0 bridgehead atoms. The number of rotatable bonds is 3. The third kappa shape index (κ3) is 3.27. The average molecular weight is 346 g/mol. The van der Waals surface area contributed by atoms with Gasteiger partial charge in [-0.15, -0.1) is 0 Å². The van der Waals surface area contributed by atoms with Crippen molar-refractivity contribution in [2.75, 3.05) is 0 Å². The van der Waals surface area contributed by atoms with E-state index >= 15 is 0 Å². The zero-order chi connectivity index (χ0) is 13.1. The summed E-state index contributed by atoms with van der Waals surface area (Å²) in [4.78, 5) is 0. The molecule has 2 rings (SSSR count). The number of hydrogen-bond donors (Lipinski definition) is 1. The third-order valence-corrected chi connectivity index (χ3v) is 3.88. The quantitative estimate of drug-likeness (QED) is 0.826. The lowest BCUT2D eigenvalue weighted by Crippen LogP contribution is -2.03. The van der Waals surface area contributed by atoms with Gasteiger partial charge in [0, 0.05) is 20.9 Å². The largest absolute Gasteiger partial charge is 0.388 e. The van der Waals surface area contributed by atoms with Crippen LogP contribution in [0.3, 0.4) is 0 Å². The Hall–Kier alpha value is -0.540. The van der Waals surface area contributed by atoms with Gasteiger partial charge in [0.15, 0.2) is 0 Å². The van der Waals surface area contributed by atoms with Crippen LogP contribution in [0.2, 0.25) is 10.0 Å². The summed E-state index contributed by atoms with van der Waals surface area (Å²) in [5.74, 6) is 0. The zero-order valence-corrected chi connectivity index (χ0v) is 12.5. The van der Waals surface area contributed by atoms with E-state index in [4.69, 9.17) is 23.2 Å². The van der Waals surface area contributed by atoms with E-state index in [1.807, 2.05) is 36.4 Å². The second-order valence-corrected chi connectivity index (χ2v) is 5.71. The van der Waals surface area contributed by atoms with Gasteiger partial charge in [-0.05, 0) is 29.3 Å². The SMILES string of the molecule is OC(Cc1ccccc1Cl)c1ccc(Br)cc1Cl. The molecule has 0 aliphatic heterocycles. The highest BCUT2D eigenvalue weighted by atomic mass is 79.9. The molecule has 4 heteroatoms. The Labute approximate surface area is 124 Å². The van der Waals surface area contributed by atoms with Crippen LogP contribution in [0, 0.1) is 0 Å². The standard InChI is InChI=1S/C14H11BrCl2O/c15-10-5-6-11(13(17)8-10)14(18)7-9-3-1-2-4-12(9)16/h1-6,8,14,18H,7H2. The molecule has 1 atom stereocenters. The molecule has 0 spiro atoms. The van der Waals surface area contributed by atoms with Gasteiger partial charge in [-0.3, -0.25) is 0 Å². The Morgan fingerprint density at radius 2 is 1.78 bits per heavy atom. The molecule has 2 aromatic carbocycles. The Kier molecular flexibility index (Phi) is 4.68. The maximum Gasteiger partial charge on any atom is 0.0845 e. The van der Waals surface area contributed by atoms with Gasteiger partial charge in [0.05, 0.1) is 6.10 Å². The molecule has 0 aliphatic rings. The first-order valence-electron chi connectivity index (χ1n) is 5.44. The molecule has 0 saturated carbocycles. The molecule has 0 saturated heterocycles. The summed E-state index contributed by atoms with van der Waals surface area (Å²) in [6.07, 6.45) is -0.216. The summed E-state index contributed by atoms with van der Waals surface area (Å²) in [7, 11) is 0. The molecule has 18 heavy (non-hydrogen) atoms. The van der Waals surface area contributed by atoms with Gasteiger partial charge in [-0.25, -0.2) is 0 Å². The van der Waals surface area contributed by atoms with E-state index < -0.39 is 6.10 Å². The molecule has 1 nitrogen and oxygen atoms in total. The Bertz CT molecular complexity index is 557. The monoisotopic (exact) mass is 344 g/mol. The van der Waals surface area contributed by atoms with Crippen LogP contribution in [-0.4, -0.2) is 5.11 Å². The second kappa shape index (κ2) is 6.07. The van der Waals surface area contributed by atoms with Gasteiger partial charge in [0.25, 0.3) is 0 Å². The minimum absolute atomic E-state index is 0.445. The highest BCUT2D eigenvalue weighted by molar-refractivity contribution is 9.10. The van der Waals surface area contributed by atoms with Crippen LogP contribution < -0.4 is 0 Å². The maximum atomic E-state index is 10.2. The van der Waals surface area contributed by atoms with Crippen molar-refractivity contribution in [3.63, 3.8) is 0 Å². The Balaban J connectivity index is 2.22. The molecular formula is C14H11BrCl2O. The van der Waals surface area contributed by atoms with E-state index in [0.717, 1.165) is 10.0 Å². The van der Waals surface area contributed by atoms with Crippen molar-refractivity contribution in [2.24, 2.45) is 0 Å². The molecule has 0 fully saturated rings. The Morgan fingerprint density at radius 3 is 2.44 bits per heavy atom. The van der Waals surface area contributed by atoms with Crippen LogP contribution in [0.15, 0.2) is 46.9 Å².